The van der Waals surface area contributed by atoms with Crippen LogP contribution in [0.4, 0.5) is 0 Å². The summed E-state index contributed by atoms with van der Waals surface area (Å²) in [6, 6.07) is 9.70. The molecule has 1 aromatic rings. The van der Waals surface area contributed by atoms with E-state index in [1.54, 1.807) is 12.0 Å². The quantitative estimate of drug-likeness (QED) is 0.629. The van der Waals surface area contributed by atoms with E-state index >= 15 is 0 Å². The molecule has 3 aliphatic rings. The van der Waals surface area contributed by atoms with Gasteiger partial charge in [0.05, 0.1) is 12.1 Å². The predicted molar refractivity (Wildman–Crippen MR) is 86.7 cm³/mol. The largest absolute Gasteiger partial charge is 0.456 e. The van der Waals surface area contributed by atoms with Crippen LogP contribution in [0, 0.1) is 5.92 Å². The summed E-state index contributed by atoms with van der Waals surface area (Å²) in [4.78, 5) is 26.5. The van der Waals surface area contributed by atoms with Crippen LogP contribution >= 0.6 is 0 Å². The van der Waals surface area contributed by atoms with Crippen molar-refractivity contribution in [3.8, 4) is 0 Å². The van der Waals surface area contributed by atoms with E-state index in [1.165, 1.54) is 0 Å². The molecule has 1 aliphatic carbocycles. The van der Waals surface area contributed by atoms with Gasteiger partial charge in [-0.15, -0.1) is 0 Å². The van der Waals surface area contributed by atoms with Crippen molar-refractivity contribution in [2.24, 2.45) is 5.92 Å². The van der Waals surface area contributed by atoms with Crippen LogP contribution in [0.25, 0.3) is 0 Å². The molecular formula is C19H21NO4. The molecule has 0 radical (unpaired) electrons. The molecule has 0 bridgehead atoms. The summed E-state index contributed by atoms with van der Waals surface area (Å²) in [6.07, 6.45) is 3.42. The lowest BCUT2D eigenvalue weighted by Crippen LogP contribution is -2.52. The van der Waals surface area contributed by atoms with Crippen molar-refractivity contribution in [2.45, 2.75) is 44.4 Å². The molecule has 5 nitrogen and oxygen atoms in total. The molecule has 1 saturated carbocycles. The molecule has 2 fully saturated rings. The second-order valence-corrected chi connectivity index (χ2v) is 6.66. The minimum Gasteiger partial charge on any atom is -0.456 e. The van der Waals surface area contributed by atoms with Crippen molar-refractivity contribution in [1.82, 2.24) is 4.90 Å². The van der Waals surface area contributed by atoms with Crippen LogP contribution in [0.1, 0.15) is 31.2 Å². The number of carbonyl (C=O) groups excluding carboxylic acids is 2. The molecule has 3 atom stereocenters. The summed E-state index contributed by atoms with van der Waals surface area (Å²) in [5.41, 5.74) is 2.37. The summed E-state index contributed by atoms with van der Waals surface area (Å²) in [7, 11) is 1.67. The van der Waals surface area contributed by atoms with Gasteiger partial charge in [-0.05, 0) is 30.4 Å². The molecule has 1 saturated heterocycles. The zero-order valence-corrected chi connectivity index (χ0v) is 13.7. The first-order valence-corrected chi connectivity index (χ1v) is 8.50. The molecule has 126 valence electrons. The van der Waals surface area contributed by atoms with Gasteiger partial charge < -0.3 is 14.4 Å². The second kappa shape index (κ2) is 6.06. The maximum atomic E-state index is 12.7. The van der Waals surface area contributed by atoms with Gasteiger partial charge in [0, 0.05) is 19.4 Å². The van der Waals surface area contributed by atoms with Crippen molar-refractivity contribution in [3.05, 3.63) is 47.2 Å². The van der Waals surface area contributed by atoms with Gasteiger partial charge in [0.1, 0.15) is 12.3 Å². The fourth-order valence-corrected chi connectivity index (χ4v) is 4.25. The third-order valence-electron chi connectivity index (χ3n) is 5.38. The van der Waals surface area contributed by atoms with E-state index in [4.69, 9.17) is 9.47 Å². The van der Waals surface area contributed by atoms with Gasteiger partial charge in [-0.25, -0.2) is 4.79 Å². The van der Waals surface area contributed by atoms with Gasteiger partial charge in [-0.2, -0.15) is 0 Å². The van der Waals surface area contributed by atoms with Crippen molar-refractivity contribution in [1.29, 1.82) is 0 Å². The number of methoxy groups -OCH3 is 1. The number of fused-ring (bicyclic) bond motifs is 3. The molecule has 0 aromatic heterocycles. The number of β-lactam (4-membered cyclic amide) rings is 1. The van der Waals surface area contributed by atoms with Crippen LogP contribution in [0.15, 0.2) is 41.6 Å². The number of rotatable bonds is 4. The molecule has 0 unspecified atom stereocenters. The highest BCUT2D eigenvalue weighted by Crippen LogP contribution is 2.49. The Morgan fingerprint density at radius 2 is 2.04 bits per heavy atom. The SMILES string of the molecule is CO[C@@H]1CCC[C@H]2C1=C(C(=O)OCc1ccccc1)N1C(=O)C[C@@H]21. The summed E-state index contributed by atoms with van der Waals surface area (Å²) >= 11 is 0. The third kappa shape index (κ3) is 2.35. The number of hydrogen-bond donors (Lipinski definition) is 0. The van der Waals surface area contributed by atoms with E-state index in [0.29, 0.717) is 12.1 Å². The Balaban J connectivity index is 1.60. The molecule has 4 rings (SSSR count). The lowest BCUT2D eigenvalue weighted by atomic mass is 9.77. The molecule has 1 amide bonds. The van der Waals surface area contributed by atoms with Crippen LogP contribution in [-0.2, 0) is 25.7 Å². The highest BCUT2D eigenvalue weighted by molar-refractivity contribution is 5.99. The first-order chi connectivity index (χ1) is 11.7. The maximum absolute atomic E-state index is 12.7. The molecule has 24 heavy (non-hydrogen) atoms. The van der Waals surface area contributed by atoms with E-state index < -0.39 is 5.97 Å². The van der Waals surface area contributed by atoms with E-state index in [-0.39, 0.29) is 30.6 Å². The third-order valence-corrected chi connectivity index (χ3v) is 5.38. The molecule has 0 N–H and O–H groups in total. The number of nitrogens with zero attached hydrogens (tertiary/aromatic N) is 1. The van der Waals surface area contributed by atoms with Gasteiger partial charge in [0.25, 0.3) is 0 Å². The van der Waals surface area contributed by atoms with E-state index in [0.717, 1.165) is 30.4 Å². The molecule has 0 spiro atoms. The monoisotopic (exact) mass is 327 g/mol. The molecular weight excluding hydrogens is 306 g/mol. The van der Waals surface area contributed by atoms with E-state index in [9.17, 15) is 9.59 Å². The van der Waals surface area contributed by atoms with Gasteiger partial charge >= 0.3 is 5.97 Å². The minimum absolute atomic E-state index is 0.0171. The highest BCUT2D eigenvalue weighted by atomic mass is 16.5. The first-order valence-electron chi connectivity index (χ1n) is 8.50. The highest BCUT2D eigenvalue weighted by Gasteiger charge is 2.55. The van der Waals surface area contributed by atoms with E-state index in [1.807, 2.05) is 30.3 Å². The Kier molecular flexibility index (Phi) is 3.88. The second-order valence-electron chi connectivity index (χ2n) is 6.66. The van der Waals surface area contributed by atoms with Crippen LogP contribution in [0.5, 0.6) is 0 Å². The maximum Gasteiger partial charge on any atom is 0.355 e. The van der Waals surface area contributed by atoms with Crippen molar-refractivity contribution in [3.63, 3.8) is 0 Å². The Bertz CT molecular complexity index is 697. The van der Waals surface area contributed by atoms with Crippen LogP contribution in [0.2, 0.25) is 0 Å². The zero-order chi connectivity index (χ0) is 16.7. The fraction of sp³-hybridized carbons (Fsp3) is 0.474. The van der Waals surface area contributed by atoms with Crippen LogP contribution in [-0.4, -0.2) is 36.0 Å². The summed E-state index contributed by atoms with van der Waals surface area (Å²) in [5, 5.41) is 0. The molecule has 5 heteroatoms. The average molecular weight is 327 g/mol. The number of amides is 1. The normalized spacial score (nSPS) is 28.3. The zero-order valence-electron chi connectivity index (χ0n) is 13.7. The summed E-state index contributed by atoms with van der Waals surface area (Å²) < 4.78 is 11.1. The Hall–Kier alpha value is -2.14. The summed E-state index contributed by atoms with van der Waals surface area (Å²) in [5.74, 6) is -0.137. The number of benzene rings is 1. The standard InChI is InChI=1S/C19H21NO4/c1-23-15-9-5-8-13-14-10-16(21)20(14)18(17(13)15)19(22)24-11-12-6-3-2-4-7-12/h2-4,6-7,13-15H,5,8-11H2,1H3/t13-,14+,15-/m1/s1. The van der Waals surface area contributed by atoms with Crippen LogP contribution in [0.3, 0.4) is 0 Å². The molecule has 2 heterocycles. The Morgan fingerprint density at radius 3 is 2.75 bits per heavy atom. The van der Waals surface area contributed by atoms with Gasteiger partial charge in [-0.1, -0.05) is 30.3 Å². The average Bonchev–Trinajstić information content (AvgIpc) is 2.89. The summed E-state index contributed by atoms with van der Waals surface area (Å²) in [6.45, 7) is 0.214. The molecule has 1 aromatic carbocycles. The Labute approximate surface area is 141 Å². The smallest absolute Gasteiger partial charge is 0.355 e. The lowest BCUT2D eigenvalue weighted by molar-refractivity contribution is -0.151. The Morgan fingerprint density at radius 1 is 1.25 bits per heavy atom. The van der Waals surface area contributed by atoms with Gasteiger partial charge in [-0.3, -0.25) is 4.79 Å². The van der Waals surface area contributed by atoms with Gasteiger partial charge in [0.2, 0.25) is 5.91 Å². The van der Waals surface area contributed by atoms with Crippen molar-refractivity contribution in [2.75, 3.05) is 7.11 Å². The first kappa shape index (κ1) is 15.4. The minimum atomic E-state index is -0.404. The van der Waals surface area contributed by atoms with E-state index in [2.05, 4.69) is 0 Å². The van der Waals surface area contributed by atoms with Gasteiger partial charge in [0.15, 0.2) is 0 Å². The van der Waals surface area contributed by atoms with Crippen LogP contribution < -0.4 is 0 Å². The fourth-order valence-electron chi connectivity index (χ4n) is 4.25. The number of ether oxygens (including phenoxy) is 2. The number of hydrogen-bond acceptors (Lipinski definition) is 4. The topological polar surface area (TPSA) is 55.8 Å². The number of esters is 1. The van der Waals surface area contributed by atoms with Crippen molar-refractivity contribution < 1.29 is 19.1 Å². The van der Waals surface area contributed by atoms with Crippen molar-refractivity contribution >= 4 is 11.9 Å². The number of carbonyl (C=O) groups is 2. The molecule has 2 aliphatic heterocycles. The predicted octanol–water partition coefficient (Wildman–Crippen LogP) is 2.41. The lowest BCUT2D eigenvalue weighted by Gasteiger charge is -2.39.